The smallest absolute Gasteiger partial charge is 0.423 e. The van der Waals surface area contributed by atoms with Crippen LogP contribution in [0.3, 0.4) is 0 Å². The third-order valence-electron chi connectivity index (χ3n) is 4.83. The third kappa shape index (κ3) is 5.14. The fourth-order valence-corrected chi connectivity index (χ4v) is 4.52. The zero-order chi connectivity index (χ0) is 22.5. The molecule has 0 spiro atoms. The molecule has 1 amide bonds. The third-order valence-corrected chi connectivity index (χ3v) is 6.89. The summed E-state index contributed by atoms with van der Waals surface area (Å²) in [6, 6.07) is 9.85. The minimum atomic E-state index is -3.56. The maximum absolute atomic E-state index is 12.6. The maximum atomic E-state index is 12.6. The number of sulfonamides is 1. The van der Waals surface area contributed by atoms with E-state index in [9.17, 15) is 28.1 Å². The highest BCUT2D eigenvalue weighted by Crippen LogP contribution is 2.20. The summed E-state index contributed by atoms with van der Waals surface area (Å²) in [4.78, 5) is 23.8. The minimum Gasteiger partial charge on any atom is -0.423 e. The zero-order valence-corrected chi connectivity index (χ0v) is 17.9. The van der Waals surface area contributed by atoms with Crippen molar-refractivity contribution in [2.45, 2.75) is 31.7 Å². The quantitative estimate of drug-likeness (QED) is 0.396. The van der Waals surface area contributed by atoms with Crippen molar-refractivity contribution < 1.29 is 28.1 Å². The lowest BCUT2D eigenvalue weighted by molar-refractivity contribution is 0.0940. The molecule has 0 radical (unpaired) electrons. The van der Waals surface area contributed by atoms with Crippen molar-refractivity contribution in [3.63, 3.8) is 0 Å². The van der Waals surface area contributed by atoms with Gasteiger partial charge in [0.05, 0.1) is 10.9 Å². The van der Waals surface area contributed by atoms with E-state index in [1.54, 1.807) is 32.9 Å². The fraction of sp³-hybridized carbons (Fsp3) is 0.300. The summed E-state index contributed by atoms with van der Waals surface area (Å²) in [6.45, 7) is 6.05. The topological polar surface area (TPSA) is 124 Å². The van der Waals surface area contributed by atoms with Gasteiger partial charge in [0, 0.05) is 24.2 Å². The molecule has 0 saturated carbocycles. The first-order valence-electron chi connectivity index (χ1n) is 9.51. The van der Waals surface area contributed by atoms with Crippen molar-refractivity contribution in [3.05, 3.63) is 59.2 Å². The highest BCUT2D eigenvalue weighted by molar-refractivity contribution is 7.89. The zero-order valence-electron chi connectivity index (χ0n) is 17.1. The van der Waals surface area contributed by atoms with Crippen molar-refractivity contribution in [3.8, 4) is 0 Å². The van der Waals surface area contributed by atoms with E-state index in [4.69, 9.17) is 0 Å². The van der Waals surface area contributed by atoms with Gasteiger partial charge < -0.3 is 15.4 Å². The normalized spacial score (nSPS) is 12.5. The number of nitrogens with one attached hydrogen (secondary N) is 1. The lowest BCUT2D eigenvalue weighted by atomic mass is 9.77. The molecular formula is C20H25BN2O6S. The molecule has 160 valence electrons. The van der Waals surface area contributed by atoms with Crippen LogP contribution in [0.5, 0.6) is 0 Å². The Kier molecular flexibility index (Phi) is 7.91. The molecule has 3 N–H and O–H groups in total. The van der Waals surface area contributed by atoms with Gasteiger partial charge in [-0.3, -0.25) is 9.59 Å². The number of amides is 1. The summed E-state index contributed by atoms with van der Waals surface area (Å²) in [5.74, 6) is -0.454. The molecule has 2 aromatic rings. The van der Waals surface area contributed by atoms with Crippen LogP contribution < -0.4 is 10.8 Å². The minimum absolute atomic E-state index is 0.0104. The van der Waals surface area contributed by atoms with E-state index in [1.807, 2.05) is 0 Å². The van der Waals surface area contributed by atoms with E-state index in [1.165, 1.54) is 34.6 Å². The average molecular weight is 432 g/mol. The van der Waals surface area contributed by atoms with E-state index in [0.29, 0.717) is 24.9 Å². The summed E-state index contributed by atoms with van der Waals surface area (Å²) >= 11 is 0. The van der Waals surface area contributed by atoms with Gasteiger partial charge in [0.25, 0.3) is 5.91 Å². The molecule has 0 aliphatic heterocycles. The monoisotopic (exact) mass is 432 g/mol. The Balaban J connectivity index is 2.17. The molecule has 1 atom stereocenters. The van der Waals surface area contributed by atoms with Crippen molar-refractivity contribution in [1.82, 2.24) is 9.62 Å². The number of carbonyl (C=O) groups excluding carboxylic acids is 2. The summed E-state index contributed by atoms with van der Waals surface area (Å²) in [5, 5.41) is 21.3. The first kappa shape index (κ1) is 23.8. The van der Waals surface area contributed by atoms with Crippen LogP contribution in [0.15, 0.2) is 47.4 Å². The highest BCUT2D eigenvalue weighted by atomic mass is 32.2. The summed E-state index contributed by atoms with van der Waals surface area (Å²) in [7, 11) is -5.37. The number of rotatable bonds is 9. The molecule has 10 heteroatoms. The molecule has 30 heavy (non-hydrogen) atoms. The predicted octanol–water partition coefficient (Wildman–Crippen LogP) is 0.700. The Morgan fingerprint density at radius 1 is 1.13 bits per heavy atom. The molecule has 0 aliphatic rings. The Morgan fingerprint density at radius 2 is 1.73 bits per heavy atom. The fourth-order valence-electron chi connectivity index (χ4n) is 3.06. The Bertz CT molecular complexity index is 1000. The number of nitrogens with zero attached hydrogens (tertiary/aromatic N) is 1. The van der Waals surface area contributed by atoms with Gasteiger partial charge in [0.1, 0.15) is 6.29 Å². The molecule has 0 bridgehead atoms. The first-order chi connectivity index (χ1) is 14.1. The van der Waals surface area contributed by atoms with Crippen molar-refractivity contribution in [2.24, 2.45) is 0 Å². The van der Waals surface area contributed by atoms with E-state index in [0.717, 1.165) is 0 Å². The van der Waals surface area contributed by atoms with Gasteiger partial charge in [0.2, 0.25) is 10.0 Å². The summed E-state index contributed by atoms with van der Waals surface area (Å²) in [6.07, 6.45) is 0.448. The Labute approximate surface area is 176 Å². The molecule has 2 aromatic carbocycles. The van der Waals surface area contributed by atoms with Crippen LogP contribution in [0.1, 0.15) is 53.1 Å². The summed E-state index contributed by atoms with van der Waals surface area (Å²) < 4.78 is 26.5. The molecule has 0 heterocycles. The van der Waals surface area contributed by atoms with Crippen molar-refractivity contribution in [2.75, 3.05) is 13.1 Å². The second-order valence-electron chi connectivity index (χ2n) is 6.69. The average Bonchev–Trinajstić information content (AvgIpc) is 2.73. The number of hydrogen-bond acceptors (Lipinski definition) is 6. The SMILES string of the molecule is CCN(CC)S(=O)(=O)c1ccc(C(C)NC(=O)c2ccc(B(O)O)c(C=O)c2)cc1. The highest BCUT2D eigenvalue weighted by Gasteiger charge is 2.22. The van der Waals surface area contributed by atoms with Crippen molar-refractivity contribution in [1.29, 1.82) is 0 Å². The van der Waals surface area contributed by atoms with Gasteiger partial charge in [-0.1, -0.05) is 32.0 Å². The van der Waals surface area contributed by atoms with Crippen LogP contribution in [-0.4, -0.2) is 55.2 Å². The van der Waals surface area contributed by atoms with Crippen LogP contribution in [0.4, 0.5) is 0 Å². The second kappa shape index (κ2) is 9.99. The molecule has 0 aromatic heterocycles. The van der Waals surface area contributed by atoms with Crippen LogP contribution in [-0.2, 0) is 10.0 Å². The maximum Gasteiger partial charge on any atom is 0.489 e. The molecular weight excluding hydrogens is 407 g/mol. The van der Waals surface area contributed by atoms with Gasteiger partial charge >= 0.3 is 7.12 Å². The van der Waals surface area contributed by atoms with Crippen LogP contribution in [0.2, 0.25) is 0 Å². The van der Waals surface area contributed by atoms with E-state index in [-0.39, 0.29) is 21.5 Å². The molecule has 2 rings (SSSR count). The van der Waals surface area contributed by atoms with Gasteiger partial charge in [0.15, 0.2) is 0 Å². The van der Waals surface area contributed by atoms with Crippen LogP contribution >= 0.6 is 0 Å². The molecule has 1 unspecified atom stereocenters. The standard InChI is InChI=1S/C20H25BN2O6S/c1-4-23(5-2)30(28,29)18-9-6-15(7-10-18)14(3)22-20(25)16-8-11-19(21(26)27)17(12-16)13-24/h6-14,26-27H,4-5H2,1-3H3,(H,22,25). The Morgan fingerprint density at radius 3 is 2.23 bits per heavy atom. The number of benzene rings is 2. The lowest BCUT2D eigenvalue weighted by Gasteiger charge is -2.19. The van der Waals surface area contributed by atoms with Crippen LogP contribution in [0, 0.1) is 0 Å². The van der Waals surface area contributed by atoms with Gasteiger partial charge in [-0.15, -0.1) is 0 Å². The largest absolute Gasteiger partial charge is 0.489 e. The van der Waals surface area contributed by atoms with Gasteiger partial charge in [-0.25, -0.2) is 8.42 Å². The van der Waals surface area contributed by atoms with Crippen LogP contribution in [0.25, 0.3) is 0 Å². The number of aldehydes is 1. The summed E-state index contributed by atoms with van der Waals surface area (Å²) in [5.41, 5.74) is 0.921. The Hall–Kier alpha value is -2.53. The lowest BCUT2D eigenvalue weighted by Crippen LogP contribution is -2.34. The van der Waals surface area contributed by atoms with Crippen molar-refractivity contribution >= 4 is 34.8 Å². The van der Waals surface area contributed by atoms with E-state index >= 15 is 0 Å². The molecule has 8 nitrogen and oxygen atoms in total. The number of hydrogen-bond donors (Lipinski definition) is 3. The second-order valence-corrected chi connectivity index (χ2v) is 8.63. The molecule has 0 saturated heterocycles. The van der Waals surface area contributed by atoms with E-state index in [2.05, 4.69) is 5.32 Å². The molecule has 0 aliphatic carbocycles. The van der Waals surface area contributed by atoms with Gasteiger partial charge in [-0.05, 0) is 42.2 Å². The number of carbonyl (C=O) groups is 2. The van der Waals surface area contributed by atoms with Gasteiger partial charge in [-0.2, -0.15) is 4.31 Å². The predicted molar refractivity (Wildman–Crippen MR) is 114 cm³/mol. The first-order valence-corrected chi connectivity index (χ1v) is 11.0. The molecule has 0 fully saturated rings. The van der Waals surface area contributed by atoms with E-state index < -0.39 is 29.1 Å².